The molecular formula is C12H20N2S. The summed E-state index contributed by atoms with van der Waals surface area (Å²) in [7, 11) is 0. The van der Waals surface area contributed by atoms with Crippen LogP contribution in [0.4, 0.5) is 0 Å². The molecule has 1 atom stereocenters. The van der Waals surface area contributed by atoms with Crippen molar-refractivity contribution >= 4 is 11.8 Å². The maximum Gasteiger partial charge on any atom is 0.0599 e. The Morgan fingerprint density at radius 3 is 2.87 bits per heavy atom. The average molecular weight is 224 g/mol. The fourth-order valence-corrected chi connectivity index (χ4v) is 2.98. The van der Waals surface area contributed by atoms with Crippen LogP contribution in [-0.2, 0) is 0 Å². The topological polar surface area (TPSA) is 15.3 Å². The van der Waals surface area contributed by atoms with Crippen molar-refractivity contribution in [3.8, 4) is 12.3 Å². The molecule has 1 N–H and O–H groups in total. The predicted octanol–water partition coefficient (Wildman–Crippen LogP) is 1.04. The zero-order chi connectivity index (χ0) is 10.5. The van der Waals surface area contributed by atoms with Crippen molar-refractivity contribution in [1.29, 1.82) is 0 Å². The van der Waals surface area contributed by atoms with E-state index < -0.39 is 0 Å². The normalized spacial score (nSPS) is 26.5. The van der Waals surface area contributed by atoms with E-state index in [2.05, 4.69) is 27.9 Å². The Kier molecular flexibility index (Phi) is 4.37. The Morgan fingerprint density at radius 1 is 1.40 bits per heavy atom. The lowest BCUT2D eigenvalue weighted by atomic mass is 10.2. The number of rotatable bonds is 5. The summed E-state index contributed by atoms with van der Waals surface area (Å²) in [6.45, 7) is 4.32. The highest BCUT2D eigenvalue weighted by Crippen LogP contribution is 2.29. The molecule has 0 amide bonds. The molecular weight excluding hydrogens is 204 g/mol. The van der Waals surface area contributed by atoms with Crippen molar-refractivity contribution in [1.82, 2.24) is 10.2 Å². The summed E-state index contributed by atoms with van der Waals surface area (Å²) in [4.78, 5) is 2.45. The van der Waals surface area contributed by atoms with Crippen molar-refractivity contribution in [2.75, 3.05) is 37.7 Å². The third kappa shape index (κ3) is 4.06. The van der Waals surface area contributed by atoms with Crippen LogP contribution in [-0.4, -0.2) is 48.6 Å². The predicted molar refractivity (Wildman–Crippen MR) is 67.1 cm³/mol. The van der Waals surface area contributed by atoms with Crippen LogP contribution in [0.1, 0.15) is 12.8 Å². The lowest BCUT2D eigenvalue weighted by molar-refractivity contribution is 0.266. The summed E-state index contributed by atoms with van der Waals surface area (Å²) >= 11 is 2.06. The second kappa shape index (κ2) is 5.79. The van der Waals surface area contributed by atoms with E-state index in [9.17, 15) is 0 Å². The van der Waals surface area contributed by atoms with Gasteiger partial charge < -0.3 is 5.32 Å². The molecule has 2 rings (SSSR count). The van der Waals surface area contributed by atoms with E-state index in [0.717, 1.165) is 25.6 Å². The van der Waals surface area contributed by atoms with E-state index in [-0.39, 0.29) is 0 Å². The Morgan fingerprint density at radius 2 is 2.27 bits per heavy atom. The third-order valence-corrected chi connectivity index (χ3v) is 4.14. The molecule has 3 heteroatoms. The van der Waals surface area contributed by atoms with Gasteiger partial charge in [-0.15, -0.1) is 6.42 Å². The zero-order valence-electron chi connectivity index (χ0n) is 9.24. The molecule has 0 bridgehead atoms. The number of terminal acetylenes is 1. The van der Waals surface area contributed by atoms with Gasteiger partial charge in [-0.25, -0.2) is 0 Å². The Labute approximate surface area is 97.2 Å². The Bertz CT molecular complexity index is 226. The fraction of sp³-hybridized carbons (Fsp3) is 0.833. The van der Waals surface area contributed by atoms with Crippen LogP contribution in [0.3, 0.4) is 0 Å². The largest absolute Gasteiger partial charge is 0.311 e. The Hall–Kier alpha value is -0.170. The summed E-state index contributed by atoms with van der Waals surface area (Å²) in [5, 5.41) is 3.57. The molecule has 1 unspecified atom stereocenters. The lowest BCUT2D eigenvalue weighted by Crippen LogP contribution is -2.46. The number of hydrogen-bond donors (Lipinski definition) is 1. The molecule has 0 aromatic heterocycles. The van der Waals surface area contributed by atoms with E-state index in [1.807, 2.05) is 0 Å². The first-order valence-corrected chi connectivity index (χ1v) is 7.01. The van der Waals surface area contributed by atoms with E-state index in [1.165, 1.54) is 30.9 Å². The standard InChI is InChI=1S/C12H20N2S/c1-2-6-14(8-11-3-4-11)9-12-10-15-7-5-13-12/h1,11-13H,3-10H2. The molecule has 84 valence electrons. The maximum absolute atomic E-state index is 5.41. The van der Waals surface area contributed by atoms with Crippen molar-refractivity contribution in [3.63, 3.8) is 0 Å². The molecule has 1 heterocycles. The highest BCUT2D eigenvalue weighted by atomic mass is 32.2. The van der Waals surface area contributed by atoms with Gasteiger partial charge in [0.2, 0.25) is 0 Å². The molecule has 1 aliphatic carbocycles. The zero-order valence-corrected chi connectivity index (χ0v) is 10.1. The highest BCUT2D eigenvalue weighted by molar-refractivity contribution is 7.99. The quantitative estimate of drug-likeness (QED) is 0.702. The van der Waals surface area contributed by atoms with Gasteiger partial charge in [0.15, 0.2) is 0 Å². The number of nitrogens with zero attached hydrogens (tertiary/aromatic N) is 1. The monoisotopic (exact) mass is 224 g/mol. The second-order valence-electron chi connectivity index (χ2n) is 4.57. The van der Waals surface area contributed by atoms with Crippen LogP contribution in [0.2, 0.25) is 0 Å². The third-order valence-electron chi connectivity index (χ3n) is 3.01. The van der Waals surface area contributed by atoms with Crippen LogP contribution < -0.4 is 5.32 Å². The number of hydrogen-bond acceptors (Lipinski definition) is 3. The van der Waals surface area contributed by atoms with Crippen LogP contribution in [0, 0.1) is 18.3 Å². The van der Waals surface area contributed by atoms with Crippen LogP contribution >= 0.6 is 11.8 Å². The van der Waals surface area contributed by atoms with Crippen LogP contribution in [0.25, 0.3) is 0 Å². The Balaban J connectivity index is 1.73. The summed E-state index contributed by atoms with van der Waals surface area (Å²) in [6, 6.07) is 0.649. The van der Waals surface area contributed by atoms with Crippen LogP contribution in [0.5, 0.6) is 0 Å². The lowest BCUT2D eigenvalue weighted by Gasteiger charge is -2.29. The van der Waals surface area contributed by atoms with Gasteiger partial charge in [-0.2, -0.15) is 11.8 Å². The minimum Gasteiger partial charge on any atom is -0.311 e. The summed E-state index contributed by atoms with van der Waals surface area (Å²) in [6.07, 6.45) is 8.23. The van der Waals surface area contributed by atoms with E-state index in [0.29, 0.717) is 6.04 Å². The fourth-order valence-electron chi connectivity index (χ4n) is 2.05. The SMILES string of the molecule is C#CCN(CC1CC1)CC1CSCCN1. The maximum atomic E-state index is 5.41. The van der Waals surface area contributed by atoms with Crippen molar-refractivity contribution < 1.29 is 0 Å². The van der Waals surface area contributed by atoms with Gasteiger partial charge in [0.1, 0.15) is 0 Å². The van der Waals surface area contributed by atoms with E-state index in [4.69, 9.17) is 6.42 Å². The molecule has 0 spiro atoms. The van der Waals surface area contributed by atoms with Gasteiger partial charge in [-0.05, 0) is 18.8 Å². The van der Waals surface area contributed by atoms with E-state index >= 15 is 0 Å². The summed E-state index contributed by atoms with van der Waals surface area (Å²) < 4.78 is 0. The minimum absolute atomic E-state index is 0.649. The average Bonchev–Trinajstić information content (AvgIpc) is 3.03. The first kappa shape index (κ1) is 11.3. The molecule has 2 nitrogen and oxygen atoms in total. The van der Waals surface area contributed by atoms with Gasteiger partial charge >= 0.3 is 0 Å². The second-order valence-corrected chi connectivity index (χ2v) is 5.72. The van der Waals surface area contributed by atoms with Crippen molar-refractivity contribution in [2.45, 2.75) is 18.9 Å². The molecule has 1 saturated carbocycles. The molecule has 2 aliphatic rings. The highest BCUT2D eigenvalue weighted by Gasteiger charge is 2.25. The van der Waals surface area contributed by atoms with E-state index in [1.54, 1.807) is 0 Å². The molecule has 1 aliphatic heterocycles. The van der Waals surface area contributed by atoms with Crippen LogP contribution in [0.15, 0.2) is 0 Å². The smallest absolute Gasteiger partial charge is 0.0599 e. The summed E-state index contributed by atoms with van der Waals surface area (Å²) in [5.74, 6) is 6.22. The molecule has 0 aromatic carbocycles. The first-order valence-electron chi connectivity index (χ1n) is 5.85. The van der Waals surface area contributed by atoms with Gasteiger partial charge in [0.05, 0.1) is 6.54 Å². The summed E-state index contributed by atoms with van der Waals surface area (Å²) in [5.41, 5.74) is 0. The van der Waals surface area contributed by atoms with Crippen molar-refractivity contribution in [2.24, 2.45) is 5.92 Å². The number of nitrogens with one attached hydrogen (secondary N) is 1. The molecule has 15 heavy (non-hydrogen) atoms. The minimum atomic E-state index is 0.649. The molecule has 0 aromatic rings. The van der Waals surface area contributed by atoms with Gasteiger partial charge in [-0.1, -0.05) is 5.92 Å². The van der Waals surface area contributed by atoms with Gasteiger partial charge in [-0.3, -0.25) is 4.90 Å². The van der Waals surface area contributed by atoms with Crippen molar-refractivity contribution in [3.05, 3.63) is 0 Å². The van der Waals surface area contributed by atoms with Gasteiger partial charge in [0.25, 0.3) is 0 Å². The molecule has 2 fully saturated rings. The van der Waals surface area contributed by atoms with Gasteiger partial charge in [0, 0.05) is 37.2 Å². The first-order chi connectivity index (χ1) is 7.38. The number of thioether (sulfide) groups is 1. The molecule has 0 radical (unpaired) electrons. The molecule has 1 saturated heterocycles.